The van der Waals surface area contributed by atoms with Gasteiger partial charge in [0.2, 0.25) is 0 Å². The van der Waals surface area contributed by atoms with Gasteiger partial charge < -0.3 is 15.4 Å². The van der Waals surface area contributed by atoms with Crippen molar-refractivity contribution in [2.24, 2.45) is 5.73 Å². The first-order valence-electron chi connectivity index (χ1n) is 7.97. The molecule has 8 heteroatoms. The van der Waals surface area contributed by atoms with Crippen molar-refractivity contribution in [3.8, 4) is 0 Å². The number of aromatic nitrogens is 2. The van der Waals surface area contributed by atoms with Gasteiger partial charge in [-0.05, 0) is 54.2 Å². The molecule has 128 valence electrons. The predicted octanol–water partition coefficient (Wildman–Crippen LogP) is 1.11. The Kier molecular flexibility index (Phi) is 4.75. The molecule has 1 aliphatic rings. The SMILES string of the molecule is CN(C(=O)c1ccc2nonc2c1)C1CCC(OC(=O)CN)CC1. The summed E-state index contributed by atoms with van der Waals surface area (Å²) in [6, 6.07) is 5.24. The van der Waals surface area contributed by atoms with Crippen LogP contribution in [0.2, 0.25) is 0 Å². The van der Waals surface area contributed by atoms with Crippen molar-refractivity contribution in [2.45, 2.75) is 37.8 Å². The molecule has 0 aliphatic heterocycles. The quantitative estimate of drug-likeness (QED) is 0.835. The van der Waals surface area contributed by atoms with Gasteiger partial charge in [-0.2, -0.15) is 0 Å². The molecule has 3 rings (SSSR count). The van der Waals surface area contributed by atoms with E-state index in [4.69, 9.17) is 10.5 Å². The Bertz CT molecular complexity index is 737. The maximum atomic E-state index is 12.7. The van der Waals surface area contributed by atoms with Gasteiger partial charge in [0.25, 0.3) is 5.91 Å². The van der Waals surface area contributed by atoms with Crippen molar-refractivity contribution in [1.82, 2.24) is 15.2 Å². The summed E-state index contributed by atoms with van der Waals surface area (Å²) in [5, 5.41) is 7.50. The summed E-state index contributed by atoms with van der Waals surface area (Å²) in [7, 11) is 1.80. The monoisotopic (exact) mass is 332 g/mol. The van der Waals surface area contributed by atoms with Gasteiger partial charge in [0, 0.05) is 18.7 Å². The van der Waals surface area contributed by atoms with Crippen molar-refractivity contribution in [2.75, 3.05) is 13.6 Å². The lowest BCUT2D eigenvalue weighted by molar-refractivity contribution is -0.149. The molecule has 0 atom stereocenters. The minimum atomic E-state index is -0.377. The van der Waals surface area contributed by atoms with Crippen LogP contribution in [0.5, 0.6) is 0 Å². The number of hydrogen-bond acceptors (Lipinski definition) is 7. The predicted molar refractivity (Wildman–Crippen MR) is 85.1 cm³/mol. The fraction of sp³-hybridized carbons (Fsp3) is 0.500. The van der Waals surface area contributed by atoms with E-state index in [1.54, 1.807) is 30.1 Å². The number of carbonyl (C=O) groups is 2. The molecule has 1 heterocycles. The molecular formula is C16H20N4O4. The van der Waals surface area contributed by atoms with E-state index in [1.807, 2.05) is 0 Å². The van der Waals surface area contributed by atoms with Crippen LogP contribution >= 0.6 is 0 Å². The van der Waals surface area contributed by atoms with Gasteiger partial charge in [0.1, 0.15) is 17.1 Å². The molecule has 24 heavy (non-hydrogen) atoms. The van der Waals surface area contributed by atoms with Crippen molar-refractivity contribution in [3.05, 3.63) is 23.8 Å². The van der Waals surface area contributed by atoms with Crippen LogP contribution in [0.4, 0.5) is 0 Å². The maximum absolute atomic E-state index is 12.7. The van der Waals surface area contributed by atoms with Crippen LogP contribution in [0, 0.1) is 0 Å². The van der Waals surface area contributed by atoms with Crippen LogP contribution in [0.3, 0.4) is 0 Å². The van der Waals surface area contributed by atoms with Crippen molar-refractivity contribution in [3.63, 3.8) is 0 Å². The number of fused-ring (bicyclic) bond motifs is 1. The number of nitrogens with zero attached hydrogens (tertiary/aromatic N) is 3. The Morgan fingerprint density at radius 2 is 1.96 bits per heavy atom. The highest BCUT2D eigenvalue weighted by Crippen LogP contribution is 2.26. The molecule has 0 saturated heterocycles. The lowest BCUT2D eigenvalue weighted by atomic mass is 9.91. The number of esters is 1. The molecular weight excluding hydrogens is 312 g/mol. The third-order valence-corrected chi connectivity index (χ3v) is 4.48. The fourth-order valence-electron chi connectivity index (χ4n) is 3.07. The van der Waals surface area contributed by atoms with Gasteiger partial charge in [-0.3, -0.25) is 9.59 Å². The van der Waals surface area contributed by atoms with E-state index >= 15 is 0 Å². The van der Waals surface area contributed by atoms with E-state index in [1.165, 1.54) is 0 Å². The molecule has 2 N–H and O–H groups in total. The zero-order valence-electron chi connectivity index (χ0n) is 13.5. The molecule has 1 aromatic carbocycles. The van der Waals surface area contributed by atoms with Crippen molar-refractivity contribution in [1.29, 1.82) is 0 Å². The van der Waals surface area contributed by atoms with Crippen LogP contribution in [-0.4, -0.2) is 52.8 Å². The Morgan fingerprint density at radius 1 is 1.25 bits per heavy atom. The standard InChI is InChI=1S/C16H20N4O4/c1-20(11-3-5-12(6-4-11)23-15(21)9-17)16(22)10-2-7-13-14(8-10)19-24-18-13/h2,7-8,11-12H,3-6,9,17H2,1H3. The number of rotatable bonds is 4. The third-order valence-electron chi connectivity index (χ3n) is 4.48. The van der Waals surface area contributed by atoms with Gasteiger partial charge in [0.05, 0.1) is 6.54 Å². The normalized spacial score (nSPS) is 20.8. The van der Waals surface area contributed by atoms with Gasteiger partial charge in [-0.25, -0.2) is 4.63 Å². The Morgan fingerprint density at radius 3 is 2.67 bits per heavy atom. The smallest absolute Gasteiger partial charge is 0.319 e. The Balaban J connectivity index is 1.61. The zero-order valence-corrected chi connectivity index (χ0v) is 13.5. The molecule has 0 bridgehead atoms. The van der Waals surface area contributed by atoms with E-state index < -0.39 is 0 Å². The largest absolute Gasteiger partial charge is 0.461 e. The second kappa shape index (κ2) is 6.96. The van der Waals surface area contributed by atoms with Crippen LogP contribution < -0.4 is 5.73 Å². The molecule has 1 aliphatic carbocycles. The first-order chi connectivity index (χ1) is 11.6. The molecule has 0 spiro atoms. The summed E-state index contributed by atoms with van der Waals surface area (Å²) in [4.78, 5) is 25.6. The lowest BCUT2D eigenvalue weighted by Gasteiger charge is -2.34. The van der Waals surface area contributed by atoms with Gasteiger partial charge in [-0.15, -0.1) is 0 Å². The maximum Gasteiger partial charge on any atom is 0.319 e. The average molecular weight is 332 g/mol. The summed E-state index contributed by atoms with van der Waals surface area (Å²) in [6.45, 7) is -0.0995. The number of amides is 1. The summed E-state index contributed by atoms with van der Waals surface area (Å²) in [5.41, 5.74) is 6.99. The van der Waals surface area contributed by atoms with E-state index in [0.717, 1.165) is 25.7 Å². The topological polar surface area (TPSA) is 112 Å². The van der Waals surface area contributed by atoms with Crippen molar-refractivity contribution >= 4 is 22.9 Å². The molecule has 1 aromatic heterocycles. The molecule has 0 radical (unpaired) electrons. The third kappa shape index (κ3) is 3.38. The fourth-order valence-corrected chi connectivity index (χ4v) is 3.07. The highest BCUT2D eigenvalue weighted by molar-refractivity contribution is 5.97. The van der Waals surface area contributed by atoms with E-state index in [2.05, 4.69) is 14.9 Å². The minimum Gasteiger partial charge on any atom is -0.461 e. The number of ether oxygens (including phenoxy) is 1. The molecule has 2 aromatic rings. The molecule has 0 unspecified atom stereocenters. The van der Waals surface area contributed by atoms with Gasteiger partial charge in [0.15, 0.2) is 0 Å². The first kappa shape index (κ1) is 16.4. The second-order valence-corrected chi connectivity index (χ2v) is 6.01. The second-order valence-electron chi connectivity index (χ2n) is 6.01. The summed E-state index contributed by atoms with van der Waals surface area (Å²) in [6.07, 6.45) is 2.95. The lowest BCUT2D eigenvalue weighted by Crippen LogP contribution is -2.41. The van der Waals surface area contributed by atoms with Gasteiger partial charge in [-0.1, -0.05) is 0 Å². The van der Waals surface area contributed by atoms with Crippen molar-refractivity contribution < 1.29 is 19.0 Å². The molecule has 1 saturated carbocycles. The molecule has 1 fully saturated rings. The summed E-state index contributed by atoms with van der Waals surface area (Å²) in [5.74, 6) is -0.445. The van der Waals surface area contributed by atoms with Crippen LogP contribution in [-0.2, 0) is 9.53 Å². The van der Waals surface area contributed by atoms with E-state index in [0.29, 0.717) is 16.6 Å². The Hall–Kier alpha value is -2.48. The van der Waals surface area contributed by atoms with Gasteiger partial charge >= 0.3 is 5.97 Å². The minimum absolute atomic E-state index is 0.0673. The number of carbonyl (C=O) groups excluding carboxylic acids is 2. The molecule has 1 amide bonds. The van der Waals surface area contributed by atoms with Crippen LogP contribution in [0.25, 0.3) is 11.0 Å². The Labute approximate surface area is 138 Å². The summed E-state index contributed by atoms with van der Waals surface area (Å²) >= 11 is 0. The molecule has 8 nitrogen and oxygen atoms in total. The highest BCUT2D eigenvalue weighted by Gasteiger charge is 2.28. The summed E-state index contributed by atoms with van der Waals surface area (Å²) < 4.78 is 9.91. The number of benzene rings is 1. The average Bonchev–Trinajstić information content (AvgIpc) is 3.08. The number of hydrogen-bond donors (Lipinski definition) is 1. The van der Waals surface area contributed by atoms with Crippen LogP contribution in [0.15, 0.2) is 22.8 Å². The van der Waals surface area contributed by atoms with E-state index in [9.17, 15) is 9.59 Å². The zero-order chi connectivity index (χ0) is 17.1. The first-order valence-corrected chi connectivity index (χ1v) is 7.97. The highest BCUT2D eigenvalue weighted by atomic mass is 16.6. The van der Waals surface area contributed by atoms with Crippen LogP contribution in [0.1, 0.15) is 36.0 Å². The van der Waals surface area contributed by atoms with E-state index in [-0.39, 0.29) is 30.6 Å². The number of nitrogens with two attached hydrogens (primary N) is 1.